The third kappa shape index (κ3) is 11.3. The van der Waals surface area contributed by atoms with Crippen LogP contribution < -0.4 is 10.6 Å². The molecule has 1 aromatic carbocycles. The molecule has 6 atom stereocenters. The molecule has 1 heterocycles. The van der Waals surface area contributed by atoms with E-state index < -0.39 is 36.2 Å². The number of rotatable bonds is 4. The summed E-state index contributed by atoms with van der Waals surface area (Å²) in [5.74, 6) is -2.19. The number of methoxy groups -OCH3 is 2. The van der Waals surface area contributed by atoms with Crippen molar-refractivity contribution in [3.8, 4) is 0 Å². The lowest BCUT2D eigenvalue weighted by molar-refractivity contribution is -0.152. The van der Waals surface area contributed by atoms with Crippen LogP contribution in [0, 0.1) is 11.8 Å². The molecule has 0 aromatic heterocycles. The first kappa shape index (κ1) is 32.7. The van der Waals surface area contributed by atoms with Crippen LogP contribution in [0.15, 0.2) is 54.6 Å². The topological polar surface area (TPSA) is 129 Å². The highest BCUT2D eigenvalue weighted by Gasteiger charge is 2.26. The van der Waals surface area contributed by atoms with E-state index in [0.29, 0.717) is 0 Å². The van der Waals surface area contributed by atoms with E-state index in [0.717, 1.165) is 5.56 Å². The Labute approximate surface area is 236 Å². The van der Waals surface area contributed by atoms with Crippen LogP contribution in [0.1, 0.15) is 39.2 Å². The molecule has 0 bridgehead atoms. The molecule has 2 N–H and O–H groups in total. The fourth-order valence-electron chi connectivity index (χ4n) is 4.11. The number of carbonyl (C=O) groups excluding carboxylic acids is 4. The van der Waals surface area contributed by atoms with Gasteiger partial charge in [0.25, 0.3) is 0 Å². The van der Waals surface area contributed by atoms with Crippen LogP contribution in [0.4, 0.5) is 0 Å². The molecule has 0 fully saturated rings. The normalized spacial score (nSPS) is 29.9. The summed E-state index contributed by atoms with van der Waals surface area (Å²) in [5, 5.41) is 5.41. The van der Waals surface area contributed by atoms with Crippen molar-refractivity contribution >= 4 is 23.8 Å². The Kier molecular flexibility index (Phi) is 14.1. The van der Waals surface area contributed by atoms with Crippen LogP contribution in [0.2, 0.25) is 0 Å². The minimum absolute atomic E-state index is 0.0198. The van der Waals surface area contributed by atoms with Gasteiger partial charge >= 0.3 is 11.9 Å². The van der Waals surface area contributed by atoms with Crippen molar-refractivity contribution in [3.63, 3.8) is 0 Å². The molecule has 0 radical (unpaired) electrons. The van der Waals surface area contributed by atoms with Crippen LogP contribution in [-0.2, 0) is 44.5 Å². The summed E-state index contributed by atoms with van der Waals surface area (Å²) in [6.07, 6.45) is 6.36. The number of carbonyl (C=O) groups is 4. The minimum atomic E-state index is -0.890. The van der Waals surface area contributed by atoms with Gasteiger partial charge in [-0.2, -0.15) is 0 Å². The highest BCUT2D eigenvalue weighted by molar-refractivity contribution is 5.85. The average Bonchev–Trinajstić information content (AvgIpc) is 2.93. The van der Waals surface area contributed by atoms with Crippen LogP contribution in [0.5, 0.6) is 0 Å². The molecule has 0 saturated carbocycles. The van der Waals surface area contributed by atoms with Gasteiger partial charge in [0.1, 0.15) is 25.3 Å². The Morgan fingerprint density at radius 3 is 1.77 bits per heavy atom. The first-order valence-electron chi connectivity index (χ1n) is 13.5. The van der Waals surface area contributed by atoms with E-state index in [1.54, 1.807) is 31.2 Å². The van der Waals surface area contributed by atoms with E-state index in [4.69, 9.17) is 18.9 Å². The molecule has 1 aliphatic rings. The summed E-state index contributed by atoms with van der Waals surface area (Å²) in [7, 11) is 3.02. The van der Waals surface area contributed by atoms with Gasteiger partial charge in [-0.05, 0) is 12.5 Å². The van der Waals surface area contributed by atoms with Gasteiger partial charge in [-0.3, -0.25) is 9.59 Å². The lowest BCUT2D eigenvalue weighted by Crippen LogP contribution is -2.44. The first-order chi connectivity index (χ1) is 19.1. The van der Waals surface area contributed by atoms with E-state index in [9.17, 15) is 19.2 Å². The van der Waals surface area contributed by atoms with Crippen LogP contribution in [0.25, 0.3) is 0 Å². The molecule has 220 valence electrons. The zero-order valence-electron chi connectivity index (χ0n) is 24.0. The van der Waals surface area contributed by atoms with Crippen molar-refractivity contribution in [2.75, 3.05) is 27.4 Å². The van der Waals surface area contributed by atoms with Crippen LogP contribution in [0.3, 0.4) is 0 Å². The fraction of sp³-hybridized carbons (Fsp3) is 0.533. The maximum Gasteiger partial charge on any atom is 0.329 e. The number of hydrogen-bond donors (Lipinski definition) is 2. The molecule has 2 amide bonds. The van der Waals surface area contributed by atoms with E-state index in [1.807, 2.05) is 44.2 Å². The first-order valence-corrected chi connectivity index (χ1v) is 13.5. The lowest BCUT2D eigenvalue weighted by atomic mass is 10.0. The van der Waals surface area contributed by atoms with Gasteiger partial charge in [-0.1, -0.05) is 68.5 Å². The highest BCUT2D eigenvalue weighted by atomic mass is 16.6. The Morgan fingerprint density at radius 2 is 1.25 bits per heavy atom. The molecular formula is C30H42N2O8. The van der Waals surface area contributed by atoms with Crippen molar-refractivity contribution in [2.45, 2.75) is 64.3 Å². The van der Waals surface area contributed by atoms with Crippen molar-refractivity contribution in [3.05, 3.63) is 60.2 Å². The highest BCUT2D eigenvalue weighted by Crippen LogP contribution is 2.13. The van der Waals surface area contributed by atoms with Gasteiger partial charge in [0.2, 0.25) is 11.8 Å². The zero-order chi connectivity index (χ0) is 29.5. The van der Waals surface area contributed by atoms with Gasteiger partial charge in [0, 0.05) is 45.3 Å². The van der Waals surface area contributed by atoms with Gasteiger partial charge in [-0.15, -0.1) is 0 Å². The predicted octanol–water partition coefficient (Wildman–Crippen LogP) is 2.51. The summed E-state index contributed by atoms with van der Waals surface area (Å²) in [6, 6.07) is 7.63. The fourth-order valence-corrected chi connectivity index (χ4v) is 4.11. The molecule has 40 heavy (non-hydrogen) atoms. The molecule has 0 spiro atoms. The second kappa shape index (κ2) is 17.2. The van der Waals surface area contributed by atoms with Crippen molar-refractivity contribution in [1.82, 2.24) is 10.6 Å². The van der Waals surface area contributed by atoms with E-state index in [1.165, 1.54) is 14.2 Å². The predicted molar refractivity (Wildman–Crippen MR) is 149 cm³/mol. The maximum atomic E-state index is 13.1. The van der Waals surface area contributed by atoms with Crippen LogP contribution in [-0.4, -0.2) is 75.5 Å². The molecular weight excluding hydrogens is 516 g/mol. The van der Waals surface area contributed by atoms with E-state index in [-0.39, 0.29) is 56.1 Å². The molecule has 0 aliphatic carbocycles. The number of amides is 2. The smallest absolute Gasteiger partial charge is 0.329 e. The Morgan fingerprint density at radius 1 is 0.750 bits per heavy atom. The third-order valence-electron chi connectivity index (χ3n) is 6.68. The minimum Gasteiger partial charge on any atom is -0.461 e. The van der Waals surface area contributed by atoms with Gasteiger partial charge in [-0.25, -0.2) is 9.59 Å². The second-order valence-corrected chi connectivity index (χ2v) is 9.89. The monoisotopic (exact) mass is 558 g/mol. The van der Waals surface area contributed by atoms with Crippen molar-refractivity contribution < 1.29 is 38.1 Å². The summed E-state index contributed by atoms with van der Waals surface area (Å²) in [5.41, 5.74) is 0.875. The quantitative estimate of drug-likeness (QED) is 0.426. The average molecular weight is 559 g/mol. The Balaban J connectivity index is 2.23. The number of ether oxygens (including phenoxy) is 4. The second-order valence-electron chi connectivity index (χ2n) is 9.89. The van der Waals surface area contributed by atoms with Crippen molar-refractivity contribution in [1.29, 1.82) is 0 Å². The molecule has 10 heteroatoms. The molecule has 1 aliphatic heterocycles. The summed E-state index contributed by atoms with van der Waals surface area (Å²) < 4.78 is 21.9. The SMILES string of the molecule is CO[C@@H]1COC(=O)[C@H](Cc2ccccc2)NC(=O)C/C=C/[C@@H](C)[C@H](OC)COC(=O)[C@@H](C)NC(=O)C/C=C/[C@H]1C. The molecule has 1 aromatic rings. The number of cyclic esters (lactones) is 2. The summed E-state index contributed by atoms with van der Waals surface area (Å²) in [4.78, 5) is 50.6. The molecule has 10 nitrogen and oxygen atoms in total. The Bertz CT molecular complexity index is 1030. The number of nitrogens with one attached hydrogen (secondary N) is 2. The van der Waals surface area contributed by atoms with E-state index >= 15 is 0 Å². The standard InChI is InChI=1S/C30H42N2O8/c1-20-12-10-16-28(34)32-24(17-23-13-7-6-8-14-23)30(36)40-19-26(38-5)21(2)11-9-15-27(33)31-22(3)29(35)39-18-25(20)37-4/h6-14,20-22,24-26H,15-19H2,1-5H3,(H,31,33)(H,32,34)/b11-9+,12-10+/t20-,21-,22-,24+,25-,26-/m1/s1. The van der Waals surface area contributed by atoms with Crippen molar-refractivity contribution in [2.24, 2.45) is 11.8 Å². The lowest BCUT2D eigenvalue weighted by Gasteiger charge is -2.23. The summed E-state index contributed by atoms with van der Waals surface area (Å²) >= 11 is 0. The zero-order valence-corrected chi connectivity index (χ0v) is 24.0. The third-order valence-corrected chi connectivity index (χ3v) is 6.68. The number of benzene rings is 1. The van der Waals surface area contributed by atoms with Gasteiger partial charge < -0.3 is 29.6 Å². The largest absolute Gasteiger partial charge is 0.461 e. The van der Waals surface area contributed by atoms with Crippen LogP contribution >= 0.6 is 0 Å². The van der Waals surface area contributed by atoms with Gasteiger partial charge in [0.15, 0.2) is 0 Å². The molecule has 0 saturated heterocycles. The summed E-state index contributed by atoms with van der Waals surface area (Å²) in [6.45, 7) is 5.24. The maximum absolute atomic E-state index is 13.1. The molecule has 2 rings (SSSR count). The molecule has 0 unspecified atom stereocenters. The number of hydrogen-bond acceptors (Lipinski definition) is 8. The Hall–Kier alpha value is -3.50. The van der Waals surface area contributed by atoms with Gasteiger partial charge in [0.05, 0.1) is 12.2 Å². The van der Waals surface area contributed by atoms with E-state index in [2.05, 4.69) is 10.6 Å². The number of esters is 2.